The predicted octanol–water partition coefficient (Wildman–Crippen LogP) is 3.62. The first-order valence-electron chi connectivity index (χ1n) is 6.60. The van der Waals surface area contributed by atoms with Crippen LogP contribution in [-0.4, -0.2) is 29.4 Å². The van der Waals surface area contributed by atoms with Gasteiger partial charge in [0.05, 0.1) is 6.10 Å². The van der Waals surface area contributed by atoms with Crippen LogP contribution >= 0.6 is 11.6 Å². The molecule has 108 valence electrons. The number of ether oxygens (including phenoxy) is 1. The summed E-state index contributed by atoms with van der Waals surface area (Å²) in [4.78, 5) is 4.27. The monoisotopic (exact) mass is 295 g/mol. The highest BCUT2D eigenvalue weighted by Crippen LogP contribution is 2.20. The minimum absolute atomic E-state index is 0.257. The zero-order valence-electron chi connectivity index (χ0n) is 11.6. The third-order valence-electron chi connectivity index (χ3n) is 2.56. The average Bonchev–Trinajstić information content (AvgIpc) is 2.87. The summed E-state index contributed by atoms with van der Waals surface area (Å²) in [6, 6.07) is 7.75. The van der Waals surface area contributed by atoms with Gasteiger partial charge in [0.15, 0.2) is 0 Å². The Labute approximate surface area is 123 Å². The zero-order chi connectivity index (χ0) is 14.4. The molecule has 0 radical (unpaired) electrons. The molecule has 1 aromatic heterocycles. The molecule has 0 aliphatic rings. The van der Waals surface area contributed by atoms with Gasteiger partial charge in [0, 0.05) is 23.7 Å². The molecular weight excluding hydrogens is 278 g/mol. The van der Waals surface area contributed by atoms with Crippen molar-refractivity contribution in [1.82, 2.24) is 10.1 Å². The van der Waals surface area contributed by atoms with Crippen molar-refractivity contribution in [2.75, 3.05) is 18.5 Å². The molecule has 1 aromatic carbocycles. The topological polar surface area (TPSA) is 60.2 Å². The Bertz CT molecular complexity index is 543. The highest BCUT2D eigenvalue weighted by molar-refractivity contribution is 6.30. The number of rotatable bonds is 7. The molecule has 0 bridgehead atoms. The third kappa shape index (κ3) is 4.51. The molecule has 0 atom stereocenters. The smallest absolute Gasteiger partial charge is 0.321 e. The minimum Gasteiger partial charge on any atom is -0.379 e. The molecule has 0 aliphatic heterocycles. The van der Waals surface area contributed by atoms with E-state index in [1.54, 1.807) is 12.1 Å². The lowest BCUT2D eigenvalue weighted by Gasteiger charge is -2.06. The summed E-state index contributed by atoms with van der Waals surface area (Å²) in [5.41, 5.74) is 0.831. The van der Waals surface area contributed by atoms with Crippen LogP contribution in [0.5, 0.6) is 0 Å². The number of nitrogens with one attached hydrogen (secondary N) is 1. The summed E-state index contributed by atoms with van der Waals surface area (Å²) in [7, 11) is 0. The molecule has 2 aromatic rings. The maximum Gasteiger partial charge on any atom is 0.321 e. The minimum atomic E-state index is 0.257. The van der Waals surface area contributed by atoms with E-state index >= 15 is 0 Å². The number of benzene rings is 1. The number of halogens is 1. The zero-order valence-corrected chi connectivity index (χ0v) is 12.4. The van der Waals surface area contributed by atoms with E-state index in [0.717, 1.165) is 18.5 Å². The van der Waals surface area contributed by atoms with Crippen molar-refractivity contribution in [3.05, 3.63) is 29.3 Å². The van der Waals surface area contributed by atoms with Gasteiger partial charge in [0.1, 0.15) is 0 Å². The average molecular weight is 296 g/mol. The molecule has 0 spiro atoms. The van der Waals surface area contributed by atoms with Crippen LogP contribution in [0.3, 0.4) is 0 Å². The first-order chi connectivity index (χ1) is 9.65. The summed E-state index contributed by atoms with van der Waals surface area (Å²) in [6.07, 6.45) is 1.14. The van der Waals surface area contributed by atoms with E-state index in [2.05, 4.69) is 15.5 Å². The summed E-state index contributed by atoms with van der Waals surface area (Å²) in [6.45, 7) is 5.47. The highest BCUT2D eigenvalue weighted by atomic mass is 35.5. The molecule has 5 nitrogen and oxygen atoms in total. The molecule has 1 heterocycles. The van der Waals surface area contributed by atoms with Crippen LogP contribution < -0.4 is 5.32 Å². The second-order valence-corrected chi connectivity index (χ2v) is 5.07. The van der Waals surface area contributed by atoms with Gasteiger partial charge in [-0.15, -0.1) is 0 Å². The Morgan fingerprint density at radius 2 is 2.25 bits per heavy atom. The quantitative estimate of drug-likeness (QED) is 0.791. The Balaban J connectivity index is 1.83. The molecule has 2 rings (SSSR count). The van der Waals surface area contributed by atoms with E-state index in [0.29, 0.717) is 23.5 Å². The van der Waals surface area contributed by atoms with Crippen molar-refractivity contribution in [2.45, 2.75) is 26.4 Å². The van der Waals surface area contributed by atoms with Gasteiger partial charge in [0.2, 0.25) is 5.82 Å². The molecule has 0 saturated carbocycles. The maximum absolute atomic E-state index is 5.93. The third-order valence-corrected chi connectivity index (χ3v) is 2.79. The second-order valence-electron chi connectivity index (χ2n) is 4.63. The SMILES string of the molecule is CC(C)OCCCNc1nc(-c2cccc(Cl)c2)no1. The Morgan fingerprint density at radius 3 is 3.00 bits per heavy atom. The van der Waals surface area contributed by atoms with Gasteiger partial charge in [-0.1, -0.05) is 28.9 Å². The highest BCUT2D eigenvalue weighted by Gasteiger charge is 2.08. The van der Waals surface area contributed by atoms with E-state index in [9.17, 15) is 0 Å². The fraction of sp³-hybridized carbons (Fsp3) is 0.429. The van der Waals surface area contributed by atoms with Gasteiger partial charge in [0.25, 0.3) is 0 Å². The van der Waals surface area contributed by atoms with Crippen LogP contribution in [0, 0.1) is 0 Å². The maximum atomic E-state index is 5.93. The summed E-state index contributed by atoms with van der Waals surface area (Å²) < 4.78 is 10.6. The number of nitrogens with zero attached hydrogens (tertiary/aromatic N) is 2. The van der Waals surface area contributed by atoms with Crippen LogP contribution in [0.1, 0.15) is 20.3 Å². The first kappa shape index (κ1) is 14.8. The Hall–Kier alpha value is -1.59. The standard InChI is InChI=1S/C14H18ClN3O2/c1-10(2)19-8-4-7-16-14-17-13(18-20-14)11-5-3-6-12(15)9-11/h3,5-6,9-10H,4,7-8H2,1-2H3,(H,16,17,18). The molecule has 0 saturated heterocycles. The Morgan fingerprint density at radius 1 is 1.40 bits per heavy atom. The summed E-state index contributed by atoms with van der Waals surface area (Å²) >= 11 is 5.93. The van der Waals surface area contributed by atoms with E-state index in [-0.39, 0.29) is 6.10 Å². The molecule has 0 fully saturated rings. The van der Waals surface area contributed by atoms with Crippen LogP contribution in [-0.2, 0) is 4.74 Å². The number of hydrogen-bond donors (Lipinski definition) is 1. The molecule has 20 heavy (non-hydrogen) atoms. The summed E-state index contributed by atoms with van der Waals surface area (Å²) in [5.74, 6) is 0.522. The predicted molar refractivity (Wildman–Crippen MR) is 78.9 cm³/mol. The molecule has 0 aliphatic carbocycles. The van der Waals surface area contributed by atoms with Crippen LogP contribution in [0.2, 0.25) is 5.02 Å². The fourth-order valence-electron chi connectivity index (χ4n) is 1.63. The van der Waals surface area contributed by atoms with Crippen LogP contribution in [0.25, 0.3) is 11.4 Å². The number of anilines is 1. The van der Waals surface area contributed by atoms with Crippen LogP contribution in [0.4, 0.5) is 6.01 Å². The van der Waals surface area contributed by atoms with Gasteiger partial charge in [-0.2, -0.15) is 4.98 Å². The number of hydrogen-bond acceptors (Lipinski definition) is 5. The summed E-state index contributed by atoms with van der Waals surface area (Å²) in [5, 5.41) is 7.63. The van der Waals surface area contributed by atoms with Gasteiger partial charge in [-0.3, -0.25) is 0 Å². The van der Waals surface area contributed by atoms with Gasteiger partial charge in [-0.05, 0) is 32.4 Å². The van der Waals surface area contributed by atoms with Crippen molar-refractivity contribution in [3.63, 3.8) is 0 Å². The molecule has 1 N–H and O–H groups in total. The Kier molecular flexibility index (Phi) is 5.38. The van der Waals surface area contributed by atoms with Crippen LogP contribution in [0.15, 0.2) is 28.8 Å². The van der Waals surface area contributed by atoms with E-state index in [4.69, 9.17) is 20.9 Å². The van der Waals surface area contributed by atoms with E-state index in [1.165, 1.54) is 0 Å². The lowest BCUT2D eigenvalue weighted by atomic mass is 10.2. The van der Waals surface area contributed by atoms with E-state index < -0.39 is 0 Å². The second kappa shape index (κ2) is 7.26. The van der Waals surface area contributed by atoms with Crippen molar-refractivity contribution < 1.29 is 9.26 Å². The largest absolute Gasteiger partial charge is 0.379 e. The normalized spacial score (nSPS) is 11.0. The van der Waals surface area contributed by atoms with Gasteiger partial charge < -0.3 is 14.6 Å². The van der Waals surface area contributed by atoms with Crippen molar-refractivity contribution >= 4 is 17.6 Å². The number of aromatic nitrogens is 2. The van der Waals surface area contributed by atoms with Crippen molar-refractivity contribution in [1.29, 1.82) is 0 Å². The van der Waals surface area contributed by atoms with Gasteiger partial charge >= 0.3 is 6.01 Å². The van der Waals surface area contributed by atoms with E-state index in [1.807, 2.05) is 26.0 Å². The van der Waals surface area contributed by atoms with Crippen molar-refractivity contribution in [2.24, 2.45) is 0 Å². The first-order valence-corrected chi connectivity index (χ1v) is 6.98. The van der Waals surface area contributed by atoms with Crippen molar-refractivity contribution in [3.8, 4) is 11.4 Å². The van der Waals surface area contributed by atoms with Gasteiger partial charge in [-0.25, -0.2) is 0 Å². The fourth-order valence-corrected chi connectivity index (χ4v) is 1.82. The molecule has 0 amide bonds. The molecule has 0 unspecified atom stereocenters. The molecular formula is C14H18ClN3O2. The molecule has 6 heteroatoms. The lowest BCUT2D eigenvalue weighted by molar-refractivity contribution is 0.0786. The lowest BCUT2D eigenvalue weighted by Crippen LogP contribution is -2.09.